The van der Waals surface area contributed by atoms with Crippen molar-refractivity contribution in [3.63, 3.8) is 0 Å². The van der Waals surface area contributed by atoms with Gasteiger partial charge in [-0.3, -0.25) is 4.90 Å². The number of nitrogens with two attached hydrogens (primary N) is 1. The summed E-state index contributed by atoms with van der Waals surface area (Å²) in [5, 5.41) is 0. The van der Waals surface area contributed by atoms with Gasteiger partial charge in [-0.05, 0) is 13.8 Å². The highest BCUT2D eigenvalue weighted by atomic mass is 127. The molecule has 1 rings (SSSR count). The molecule has 0 saturated carbocycles. The van der Waals surface area contributed by atoms with E-state index in [4.69, 9.17) is 5.73 Å². The smallest absolute Gasteiger partial charge is 0.0674 e. The monoisotopic (exact) mass is 240 g/mol. The quantitative estimate of drug-likeness (QED) is 0.417. The summed E-state index contributed by atoms with van der Waals surface area (Å²) >= 11 is 2.43. The van der Waals surface area contributed by atoms with Gasteiger partial charge in [0.15, 0.2) is 0 Å². The van der Waals surface area contributed by atoms with Crippen LogP contribution in [-0.4, -0.2) is 27.6 Å². The summed E-state index contributed by atoms with van der Waals surface area (Å²) in [4.78, 5) is 2.37. The zero-order chi connectivity index (χ0) is 7.07. The molecular weight excluding hydrogens is 227 g/mol. The van der Waals surface area contributed by atoms with Crippen molar-refractivity contribution in [3.8, 4) is 0 Å². The van der Waals surface area contributed by atoms with Crippen LogP contribution in [0.1, 0.15) is 13.8 Å². The molecule has 0 aliphatic carbocycles. The number of likely N-dealkylation sites (tertiary alicyclic amines) is 1. The molecule has 0 unspecified atom stereocenters. The molecule has 0 amide bonds. The van der Waals surface area contributed by atoms with Gasteiger partial charge < -0.3 is 5.73 Å². The first-order valence-corrected chi connectivity index (χ1v) is 4.27. The van der Waals surface area contributed by atoms with Crippen LogP contribution in [0.3, 0.4) is 0 Å². The highest BCUT2D eigenvalue weighted by molar-refractivity contribution is 14.1. The van der Waals surface area contributed by atoms with Gasteiger partial charge in [-0.25, -0.2) is 0 Å². The van der Waals surface area contributed by atoms with E-state index in [-0.39, 0.29) is 0 Å². The van der Waals surface area contributed by atoms with Crippen molar-refractivity contribution in [1.29, 1.82) is 0 Å². The Morgan fingerprint density at radius 1 is 1.56 bits per heavy atom. The third-order valence-electron chi connectivity index (χ3n) is 1.66. The van der Waals surface area contributed by atoms with E-state index in [0.717, 1.165) is 13.1 Å². The topological polar surface area (TPSA) is 29.3 Å². The molecule has 0 aromatic carbocycles. The van der Waals surface area contributed by atoms with Crippen molar-refractivity contribution in [1.82, 2.24) is 4.90 Å². The maximum Gasteiger partial charge on any atom is 0.0674 e. The third kappa shape index (κ3) is 1.78. The minimum Gasteiger partial charge on any atom is -0.325 e. The highest BCUT2D eigenvalue weighted by Crippen LogP contribution is 2.26. The van der Waals surface area contributed by atoms with E-state index in [9.17, 15) is 0 Å². The second-order valence-electron chi connectivity index (χ2n) is 3.07. The van der Waals surface area contributed by atoms with Crippen LogP contribution in [0.25, 0.3) is 0 Å². The summed E-state index contributed by atoms with van der Waals surface area (Å²) in [7, 11) is 0. The lowest BCUT2D eigenvalue weighted by Crippen LogP contribution is -2.61. The average molecular weight is 240 g/mol. The van der Waals surface area contributed by atoms with Crippen LogP contribution in [0.4, 0.5) is 0 Å². The molecule has 2 nitrogen and oxygen atoms in total. The zero-order valence-electron chi connectivity index (χ0n) is 5.89. The Morgan fingerprint density at radius 2 is 2.00 bits per heavy atom. The van der Waals surface area contributed by atoms with Crippen LogP contribution in [0.5, 0.6) is 0 Å². The van der Waals surface area contributed by atoms with E-state index in [1.54, 1.807) is 0 Å². The zero-order valence-corrected chi connectivity index (χ0v) is 8.05. The largest absolute Gasteiger partial charge is 0.325 e. The molecule has 0 radical (unpaired) electrons. The van der Waals surface area contributed by atoms with Crippen molar-refractivity contribution >= 4 is 22.6 Å². The summed E-state index contributed by atoms with van der Waals surface area (Å²) in [5.41, 5.74) is 5.62. The first-order chi connectivity index (χ1) is 4.00. The van der Waals surface area contributed by atoms with Crippen molar-refractivity contribution in [3.05, 3.63) is 0 Å². The molecule has 1 saturated heterocycles. The van der Waals surface area contributed by atoms with Gasteiger partial charge in [0.2, 0.25) is 0 Å². The van der Waals surface area contributed by atoms with E-state index < -0.39 is 0 Å². The van der Waals surface area contributed by atoms with Crippen LogP contribution in [-0.2, 0) is 0 Å². The first kappa shape index (κ1) is 7.75. The Morgan fingerprint density at radius 3 is 2.11 bits per heavy atom. The second kappa shape index (κ2) is 2.36. The number of nitrogens with zero attached hydrogens (tertiary/aromatic N) is 1. The fraction of sp³-hybridized carbons (Fsp3) is 1.00. The van der Waals surface area contributed by atoms with E-state index in [1.165, 1.54) is 0 Å². The summed E-state index contributed by atoms with van der Waals surface area (Å²) in [5.74, 6) is 0. The van der Waals surface area contributed by atoms with Crippen LogP contribution in [0.15, 0.2) is 0 Å². The number of rotatable bonds is 1. The van der Waals surface area contributed by atoms with Crippen molar-refractivity contribution in [2.45, 2.75) is 23.4 Å². The lowest BCUT2D eigenvalue weighted by Gasteiger charge is -2.44. The van der Waals surface area contributed by atoms with Gasteiger partial charge in [-0.2, -0.15) is 0 Å². The minimum absolute atomic E-state index is 0.299. The molecule has 1 heterocycles. The van der Waals surface area contributed by atoms with Gasteiger partial charge in [-0.15, -0.1) is 0 Å². The minimum atomic E-state index is 0.299. The lowest BCUT2D eigenvalue weighted by molar-refractivity contribution is 0.103. The Kier molecular flexibility index (Phi) is 2.03. The Bertz CT molecular complexity index is 102. The van der Waals surface area contributed by atoms with Gasteiger partial charge in [-0.1, -0.05) is 22.6 Å². The molecule has 0 bridgehead atoms. The van der Waals surface area contributed by atoms with E-state index in [2.05, 4.69) is 41.3 Å². The molecule has 0 spiro atoms. The lowest BCUT2D eigenvalue weighted by atomic mass is 10.1. The van der Waals surface area contributed by atoms with Gasteiger partial charge in [0.05, 0.1) is 3.55 Å². The van der Waals surface area contributed by atoms with E-state index >= 15 is 0 Å². The van der Waals surface area contributed by atoms with Crippen molar-refractivity contribution < 1.29 is 0 Å². The average Bonchev–Trinajstić information content (AvgIpc) is 1.55. The first-order valence-electron chi connectivity index (χ1n) is 3.19. The van der Waals surface area contributed by atoms with Crippen molar-refractivity contribution in [2.24, 2.45) is 5.73 Å². The summed E-state index contributed by atoms with van der Waals surface area (Å²) < 4.78 is 0.299. The molecule has 9 heavy (non-hydrogen) atoms. The van der Waals surface area contributed by atoms with Gasteiger partial charge >= 0.3 is 0 Å². The van der Waals surface area contributed by atoms with E-state index in [1.807, 2.05) is 0 Å². The SMILES string of the molecule is CC(C)(I)N1CC(N)C1. The molecule has 54 valence electrons. The number of alkyl halides is 1. The molecule has 0 aromatic heterocycles. The van der Waals surface area contributed by atoms with Crippen LogP contribution in [0.2, 0.25) is 0 Å². The molecule has 3 heteroatoms. The molecule has 0 atom stereocenters. The third-order valence-corrected chi connectivity index (χ3v) is 2.34. The normalized spacial score (nSPS) is 24.0. The van der Waals surface area contributed by atoms with E-state index in [0.29, 0.717) is 9.59 Å². The van der Waals surface area contributed by atoms with Crippen LogP contribution in [0, 0.1) is 0 Å². The number of halogens is 1. The predicted molar refractivity (Wildman–Crippen MR) is 47.6 cm³/mol. The van der Waals surface area contributed by atoms with Gasteiger partial charge in [0, 0.05) is 19.1 Å². The second-order valence-corrected chi connectivity index (χ2v) is 5.71. The molecule has 1 aliphatic rings. The highest BCUT2D eigenvalue weighted by Gasteiger charge is 2.32. The standard InChI is InChI=1S/C6H13IN2/c1-6(2,7)9-3-5(8)4-9/h5H,3-4,8H2,1-2H3. The van der Waals surface area contributed by atoms with Crippen LogP contribution < -0.4 is 5.73 Å². The fourth-order valence-corrected chi connectivity index (χ4v) is 1.34. The number of hydrogen-bond acceptors (Lipinski definition) is 2. The summed E-state index contributed by atoms with van der Waals surface area (Å²) in [6, 6.07) is 0.430. The fourth-order valence-electron chi connectivity index (χ4n) is 0.947. The summed E-state index contributed by atoms with van der Waals surface area (Å²) in [6.45, 7) is 6.55. The molecule has 0 aromatic rings. The molecular formula is C6H13IN2. The number of hydrogen-bond donors (Lipinski definition) is 1. The predicted octanol–water partition coefficient (Wildman–Crippen LogP) is 0.800. The van der Waals surface area contributed by atoms with Gasteiger partial charge in [0.25, 0.3) is 0 Å². The maximum absolute atomic E-state index is 5.62. The maximum atomic E-state index is 5.62. The Labute approximate surface area is 69.9 Å². The Balaban J connectivity index is 2.32. The van der Waals surface area contributed by atoms with Crippen molar-refractivity contribution in [2.75, 3.05) is 13.1 Å². The summed E-state index contributed by atoms with van der Waals surface area (Å²) in [6.07, 6.45) is 0. The molecule has 1 aliphatic heterocycles. The molecule has 1 fully saturated rings. The van der Waals surface area contributed by atoms with Crippen LogP contribution >= 0.6 is 22.6 Å². The molecule has 2 N–H and O–H groups in total. The van der Waals surface area contributed by atoms with Gasteiger partial charge in [0.1, 0.15) is 0 Å². The Hall–Kier alpha value is 0.650.